The molecule has 2 nitrogen and oxygen atoms in total. The van der Waals surface area contributed by atoms with Gasteiger partial charge in [0.05, 0.1) is 6.61 Å². The van der Waals surface area contributed by atoms with Crippen LogP contribution in [0, 0.1) is 5.92 Å². The van der Waals surface area contributed by atoms with Crippen LogP contribution in [0.2, 0.25) is 0 Å². The summed E-state index contributed by atoms with van der Waals surface area (Å²) in [6.45, 7) is 8.06. The maximum atomic E-state index is 13.4. The molecule has 0 N–H and O–H groups in total. The topological polar surface area (TPSA) is 26.3 Å². The van der Waals surface area contributed by atoms with E-state index in [2.05, 4.69) is 57.2 Å². The van der Waals surface area contributed by atoms with Crippen LogP contribution in [0.1, 0.15) is 93.1 Å². The van der Waals surface area contributed by atoms with E-state index in [0.29, 0.717) is 24.7 Å². The molecule has 0 fully saturated rings. The van der Waals surface area contributed by atoms with Crippen LogP contribution in [0.4, 0.5) is 0 Å². The fourth-order valence-corrected chi connectivity index (χ4v) is 4.56. The first-order valence-electron chi connectivity index (χ1n) is 11.5. The highest BCUT2D eigenvalue weighted by molar-refractivity contribution is 6.01. The maximum Gasteiger partial charge on any atom is 0.163 e. The van der Waals surface area contributed by atoms with E-state index in [1.807, 2.05) is 6.07 Å². The number of carbonyl (C=O) groups is 1. The molecule has 2 atom stereocenters. The van der Waals surface area contributed by atoms with Crippen LogP contribution >= 0.6 is 0 Å². The van der Waals surface area contributed by atoms with E-state index in [-0.39, 0.29) is 5.92 Å². The van der Waals surface area contributed by atoms with Crippen molar-refractivity contribution < 1.29 is 9.53 Å². The molecule has 0 saturated heterocycles. The van der Waals surface area contributed by atoms with Crippen molar-refractivity contribution in [2.75, 3.05) is 13.2 Å². The Labute approximate surface area is 176 Å². The number of rotatable bonds is 12. The minimum absolute atomic E-state index is 0.161. The zero-order chi connectivity index (χ0) is 20.6. The molecule has 0 spiro atoms. The number of hydrogen-bond acceptors (Lipinski definition) is 2. The summed E-state index contributed by atoms with van der Waals surface area (Å²) in [7, 11) is 0. The molecule has 29 heavy (non-hydrogen) atoms. The molecule has 0 amide bonds. The Morgan fingerprint density at radius 3 is 2.48 bits per heavy atom. The molecule has 2 unspecified atom stereocenters. The van der Waals surface area contributed by atoms with Crippen molar-refractivity contribution in [3.8, 4) is 11.1 Å². The Kier molecular flexibility index (Phi) is 8.06. The zero-order valence-corrected chi connectivity index (χ0v) is 18.4. The molecule has 0 bridgehead atoms. The Bertz CT molecular complexity index is 808. The second kappa shape index (κ2) is 10.7. The van der Waals surface area contributed by atoms with Gasteiger partial charge in [-0.15, -0.1) is 0 Å². The lowest BCUT2D eigenvalue weighted by atomic mass is 9.86. The Hall–Kier alpha value is -1.93. The molecule has 2 aromatic rings. The summed E-state index contributed by atoms with van der Waals surface area (Å²) in [6, 6.07) is 14.8. The summed E-state index contributed by atoms with van der Waals surface area (Å²) in [6.07, 6.45) is 7.50. The summed E-state index contributed by atoms with van der Waals surface area (Å²) in [4.78, 5) is 13.4. The Balaban J connectivity index is 1.89. The predicted molar refractivity (Wildman–Crippen MR) is 122 cm³/mol. The summed E-state index contributed by atoms with van der Waals surface area (Å²) < 4.78 is 6.05. The smallest absolute Gasteiger partial charge is 0.163 e. The van der Waals surface area contributed by atoms with Crippen LogP contribution in [0.5, 0.6) is 0 Å². The van der Waals surface area contributed by atoms with Crippen LogP contribution in [0.15, 0.2) is 42.5 Å². The van der Waals surface area contributed by atoms with Crippen LogP contribution in [0.3, 0.4) is 0 Å². The average molecular weight is 393 g/mol. The van der Waals surface area contributed by atoms with Crippen molar-refractivity contribution in [3.63, 3.8) is 0 Å². The van der Waals surface area contributed by atoms with Crippen LogP contribution in [-0.4, -0.2) is 19.0 Å². The molecular formula is C27H36O2. The van der Waals surface area contributed by atoms with Gasteiger partial charge in [-0.05, 0) is 34.6 Å². The number of fused-ring (bicyclic) bond motifs is 3. The molecule has 1 aliphatic carbocycles. The molecule has 0 aromatic heterocycles. The van der Waals surface area contributed by atoms with E-state index >= 15 is 0 Å². The van der Waals surface area contributed by atoms with E-state index in [1.165, 1.54) is 35.1 Å². The van der Waals surface area contributed by atoms with Crippen LogP contribution < -0.4 is 0 Å². The number of Topliss-reactive ketones (excluding diaryl/α,β-unsaturated/α-hetero) is 1. The molecule has 0 saturated carbocycles. The third kappa shape index (κ3) is 4.98. The molecule has 0 aliphatic heterocycles. The van der Waals surface area contributed by atoms with Gasteiger partial charge < -0.3 is 4.74 Å². The largest absolute Gasteiger partial charge is 0.380 e. The lowest BCUT2D eigenvalue weighted by Gasteiger charge is -2.19. The second-order valence-corrected chi connectivity index (χ2v) is 8.38. The highest BCUT2D eigenvalue weighted by Crippen LogP contribution is 2.46. The average Bonchev–Trinajstić information content (AvgIpc) is 3.08. The second-order valence-electron chi connectivity index (χ2n) is 8.38. The molecule has 156 valence electrons. The van der Waals surface area contributed by atoms with Crippen molar-refractivity contribution in [3.05, 3.63) is 59.2 Å². The van der Waals surface area contributed by atoms with E-state index in [4.69, 9.17) is 4.74 Å². The number of hydrogen-bond donors (Lipinski definition) is 0. The Morgan fingerprint density at radius 1 is 0.966 bits per heavy atom. The lowest BCUT2D eigenvalue weighted by molar-refractivity contribution is 0.0953. The molecule has 3 rings (SSSR count). The molecule has 0 radical (unpaired) electrons. The van der Waals surface area contributed by atoms with Crippen molar-refractivity contribution >= 4 is 5.78 Å². The lowest BCUT2D eigenvalue weighted by Crippen LogP contribution is -2.14. The predicted octanol–water partition coefficient (Wildman–Crippen LogP) is 7.40. The standard InChI is InChI=1S/C27H36O2/c1-4-7-12-20(6-3)18-26(28)24-16-11-15-23-21-13-9-10-14-22(21)25(27(23)24)19-29-17-8-5-2/h9-11,13-16,20,25H,4-8,12,17-19H2,1-3H3. The van der Waals surface area contributed by atoms with E-state index in [0.717, 1.165) is 37.9 Å². The van der Waals surface area contributed by atoms with Crippen LogP contribution in [0.25, 0.3) is 11.1 Å². The molecule has 1 aliphatic rings. The first-order valence-corrected chi connectivity index (χ1v) is 11.5. The number of ether oxygens (including phenoxy) is 1. The van der Waals surface area contributed by atoms with E-state index in [1.54, 1.807) is 0 Å². The molecular weight excluding hydrogens is 356 g/mol. The van der Waals surface area contributed by atoms with Gasteiger partial charge in [0.15, 0.2) is 5.78 Å². The van der Waals surface area contributed by atoms with Crippen molar-refractivity contribution in [2.24, 2.45) is 5.92 Å². The fraction of sp³-hybridized carbons (Fsp3) is 0.519. The number of unbranched alkanes of at least 4 members (excludes halogenated alkanes) is 2. The summed E-state index contributed by atoms with van der Waals surface area (Å²) >= 11 is 0. The van der Waals surface area contributed by atoms with Gasteiger partial charge in [0, 0.05) is 24.5 Å². The van der Waals surface area contributed by atoms with Gasteiger partial charge in [-0.3, -0.25) is 4.79 Å². The summed E-state index contributed by atoms with van der Waals surface area (Å²) in [5.41, 5.74) is 5.90. The number of benzene rings is 2. The monoisotopic (exact) mass is 392 g/mol. The Morgan fingerprint density at radius 2 is 1.72 bits per heavy atom. The first kappa shape index (κ1) is 21.8. The zero-order valence-electron chi connectivity index (χ0n) is 18.4. The number of carbonyl (C=O) groups excluding carboxylic acids is 1. The maximum absolute atomic E-state index is 13.4. The minimum atomic E-state index is 0.161. The van der Waals surface area contributed by atoms with E-state index < -0.39 is 0 Å². The van der Waals surface area contributed by atoms with Gasteiger partial charge >= 0.3 is 0 Å². The van der Waals surface area contributed by atoms with Gasteiger partial charge in [-0.1, -0.05) is 95.3 Å². The first-order chi connectivity index (χ1) is 14.2. The van der Waals surface area contributed by atoms with E-state index in [9.17, 15) is 4.79 Å². The summed E-state index contributed by atoms with van der Waals surface area (Å²) in [5, 5.41) is 0. The fourth-order valence-electron chi connectivity index (χ4n) is 4.56. The third-order valence-electron chi connectivity index (χ3n) is 6.33. The van der Waals surface area contributed by atoms with Crippen molar-refractivity contribution in [1.29, 1.82) is 0 Å². The third-order valence-corrected chi connectivity index (χ3v) is 6.33. The molecule has 2 heteroatoms. The van der Waals surface area contributed by atoms with Gasteiger partial charge in [-0.25, -0.2) is 0 Å². The van der Waals surface area contributed by atoms with Crippen LogP contribution in [-0.2, 0) is 4.74 Å². The van der Waals surface area contributed by atoms with Crippen molar-refractivity contribution in [2.45, 2.75) is 71.6 Å². The van der Waals surface area contributed by atoms with Gasteiger partial charge in [0.25, 0.3) is 0 Å². The van der Waals surface area contributed by atoms with Crippen molar-refractivity contribution in [1.82, 2.24) is 0 Å². The summed E-state index contributed by atoms with van der Waals surface area (Å²) in [5.74, 6) is 0.950. The highest BCUT2D eigenvalue weighted by Gasteiger charge is 2.32. The normalized spacial score (nSPS) is 15.8. The molecule has 2 aromatic carbocycles. The minimum Gasteiger partial charge on any atom is -0.380 e. The number of ketones is 1. The highest BCUT2D eigenvalue weighted by atomic mass is 16.5. The van der Waals surface area contributed by atoms with Gasteiger partial charge in [0.2, 0.25) is 0 Å². The molecule has 0 heterocycles. The van der Waals surface area contributed by atoms with Gasteiger partial charge in [-0.2, -0.15) is 0 Å². The van der Waals surface area contributed by atoms with Gasteiger partial charge in [0.1, 0.15) is 0 Å². The quantitative estimate of drug-likeness (QED) is 0.278. The SMILES string of the molecule is CCCCOCC1c2ccccc2-c2cccc(C(=O)CC(CC)CCCC)c21.